The van der Waals surface area contributed by atoms with Gasteiger partial charge in [0, 0.05) is 12.7 Å². The molecule has 0 bridgehead atoms. The predicted molar refractivity (Wildman–Crippen MR) is 74.4 cm³/mol. The van der Waals surface area contributed by atoms with Crippen molar-refractivity contribution in [3.8, 4) is 0 Å². The summed E-state index contributed by atoms with van der Waals surface area (Å²) in [6.45, 7) is 0.294. The SMILES string of the molecule is COCc1ccccc1NS(=O)(=O)c1ccc(F)cc1. The van der Waals surface area contributed by atoms with Crippen LogP contribution in [-0.2, 0) is 21.4 Å². The first kappa shape index (κ1) is 14.5. The largest absolute Gasteiger partial charge is 0.380 e. The lowest BCUT2D eigenvalue weighted by atomic mass is 10.2. The highest BCUT2D eigenvalue weighted by atomic mass is 32.2. The Morgan fingerprint density at radius 2 is 1.75 bits per heavy atom. The maximum absolute atomic E-state index is 12.8. The smallest absolute Gasteiger partial charge is 0.261 e. The van der Waals surface area contributed by atoms with Gasteiger partial charge in [-0.05, 0) is 30.3 Å². The van der Waals surface area contributed by atoms with E-state index in [9.17, 15) is 12.8 Å². The molecular formula is C14H14FNO3S. The Labute approximate surface area is 117 Å². The monoisotopic (exact) mass is 295 g/mol. The van der Waals surface area contributed by atoms with Crippen LogP contribution in [0.1, 0.15) is 5.56 Å². The van der Waals surface area contributed by atoms with Crippen molar-refractivity contribution >= 4 is 15.7 Å². The highest BCUT2D eigenvalue weighted by molar-refractivity contribution is 7.92. The third kappa shape index (κ3) is 3.34. The molecular weight excluding hydrogens is 281 g/mol. The van der Waals surface area contributed by atoms with Gasteiger partial charge in [-0.25, -0.2) is 12.8 Å². The van der Waals surface area contributed by atoms with Crippen LogP contribution in [0.5, 0.6) is 0 Å². The van der Waals surface area contributed by atoms with Crippen LogP contribution in [0, 0.1) is 5.82 Å². The molecule has 0 atom stereocenters. The predicted octanol–water partition coefficient (Wildman–Crippen LogP) is 2.77. The second-order valence-electron chi connectivity index (χ2n) is 4.15. The second kappa shape index (κ2) is 6.02. The molecule has 2 rings (SSSR count). The highest BCUT2D eigenvalue weighted by Gasteiger charge is 2.15. The summed E-state index contributed by atoms with van der Waals surface area (Å²) in [5, 5.41) is 0. The number of hydrogen-bond acceptors (Lipinski definition) is 3. The topological polar surface area (TPSA) is 55.4 Å². The Bertz CT molecular complexity index is 684. The molecule has 2 aromatic carbocycles. The maximum atomic E-state index is 12.8. The van der Waals surface area contributed by atoms with Gasteiger partial charge in [-0.2, -0.15) is 0 Å². The van der Waals surface area contributed by atoms with Gasteiger partial charge in [0.2, 0.25) is 0 Å². The van der Waals surface area contributed by atoms with E-state index in [0.717, 1.165) is 17.7 Å². The first-order valence-electron chi connectivity index (χ1n) is 5.88. The fourth-order valence-corrected chi connectivity index (χ4v) is 2.82. The number of para-hydroxylation sites is 1. The van der Waals surface area contributed by atoms with Gasteiger partial charge < -0.3 is 4.74 Å². The Morgan fingerprint density at radius 3 is 2.40 bits per heavy atom. The van der Waals surface area contributed by atoms with Crippen LogP contribution in [0.25, 0.3) is 0 Å². The van der Waals surface area contributed by atoms with Crippen molar-refractivity contribution in [3.63, 3.8) is 0 Å². The van der Waals surface area contributed by atoms with Crippen LogP contribution in [-0.4, -0.2) is 15.5 Å². The van der Waals surface area contributed by atoms with Gasteiger partial charge in [0.25, 0.3) is 10.0 Å². The van der Waals surface area contributed by atoms with E-state index in [0.29, 0.717) is 12.3 Å². The minimum Gasteiger partial charge on any atom is -0.380 e. The average Bonchev–Trinajstić information content (AvgIpc) is 2.41. The zero-order valence-corrected chi connectivity index (χ0v) is 11.7. The van der Waals surface area contributed by atoms with Gasteiger partial charge >= 0.3 is 0 Å². The Morgan fingerprint density at radius 1 is 1.10 bits per heavy atom. The van der Waals surface area contributed by atoms with E-state index in [2.05, 4.69) is 4.72 Å². The third-order valence-corrected chi connectivity index (χ3v) is 4.07. The molecule has 0 aromatic heterocycles. The van der Waals surface area contributed by atoms with Crippen molar-refractivity contribution < 1.29 is 17.5 Å². The minimum absolute atomic E-state index is 0.00567. The molecule has 0 saturated carbocycles. The molecule has 2 aromatic rings. The van der Waals surface area contributed by atoms with Crippen molar-refractivity contribution in [3.05, 3.63) is 59.9 Å². The van der Waals surface area contributed by atoms with Gasteiger partial charge in [-0.1, -0.05) is 18.2 Å². The standard InChI is InChI=1S/C14H14FNO3S/c1-19-10-11-4-2-3-5-14(11)16-20(17,18)13-8-6-12(15)7-9-13/h2-9,16H,10H2,1H3. The van der Waals surface area contributed by atoms with Gasteiger partial charge in [0.05, 0.1) is 17.2 Å². The first-order valence-corrected chi connectivity index (χ1v) is 7.36. The molecule has 6 heteroatoms. The summed E-state index contributed by atoms with van der Waals surface area (Å²) in [5.74, 6) is -0.483. The van der Waals surface area contributed by atoms with Crippen molar-refractivity contribution in [2.45, 2.75) is 11.5 Å². The first-order chi connectivity index (χ1) is 9.53. The quantitative estimate of drug-likeness (QED) is 0.923. The van der Waals surface area contributed by atoms with Crippen LogP contribution >= 0.6 is 0 Å². The third-order valence-electron chi connectivity index (χ3n) is 2.69. The molecule has 0 heterocycles. The van der Waals surface area contributed by atoms with Crippen molar-refractivity contribution in [1.82, 2.24) is 0 Å². The fraction of sp³-hybridized carbons (Fsp3) is 0.143. The molecule has 0 spiro atoms. The summed E-state index contributed by atoms with van der Waals surface area (Å²) >= 11 is 0. The molecule has 20 heavy (non-hydrogen) atoms. The van der Waals surface area contributed by atoms with Gasteiger partial charge in [0.1, 0.15) is 5.82 Å². The zero-order valence-electron chi connectivity index (χ0n) is 10.8. The molecule has 1 N–H and O–H groups in total. The van der Waals surface area contributed by atoms with Crippen molar-refractivity contribution in [2.75, 3.05) is 11.8 Å². The molecule has 0 unspecified atom stereocenters. The Balaban J connectivity index is 2.31. The van der Waals surface area contributed by atoms with E-state index >= 15 is 0 Å². The molecule has 0 fully saturated rings. The minimum atomic E-state index is -3.74. The lowest BCUT2D eigenvalue weighted by Crippen LogP contribution is -2.14. The molecule has 106 valence electrons. The summed E-state index contributed by atoms with van der Waals surface area (Å²) < 4.78 is 44.7. The normalized spacial score (nSPS) is 11.3. The van der Waals surface area contributed by atoms with Crippen molar-refractivity contribution in [1.29, 1.82) is 0 Å². The van der Waals surface area contributed by atoms with E-state index in [-0.39, 0.29) is 4.90 Å². The number of halogens is 1. The molecule has 0 aliphatic rings. The van der Waals surface area contributed by atoms with Crippen LogP contribution in [0.3, 0.4) is 0 Å². The number of anilines is 1. The molecule has 0 radical (unpaired) electrons. The number of methoxy groups -OCH3 is 1. The van der Waals surface area contributed by atoms with Crippen LogP contribution in [0.2, 0.25) is 0 Å². The van der Waals surface area contributed by atoms with E-state index in [4.69, 9.17) is 4.74 Å². The number of ether oxygens (including phenoxy) is 1. The molecule has 0 aliphatic carbocycles. The summed E-state index contributed by atoms with van der Waals surface area (Å²) in [6.07, 6.45) is 0. The van der Waals surface area contributed by atoms with Gasteiger partial charge in [-0.15, -0.1) is 0 Å². The Kier molecular flexibility index (Phi) is 4.36. The van der Waals surface area contributed by atoms with E-state index < -0.39 is 15.8 Å². The van der Waals surface area contributed by atoms with E-state index in [1.54, 1.807) is 24.3 Å². The van der Waals surface area contributed by atoms with Crippen LogP contribution in [0.15, 0.2) is 53.4 Å². The number of rotatable bonds is 5. The fourth-order valence-electron chi connectivity index (χ4n) is 1.72. The summed E-state index contributed by atoms with van der Waals surface area (Å²) in [7, 11) is -2.21. The lowest BCUT2D eigenvalue weighted by molar-refractivity contribution is 0.185. The van der Waals surface area contributed by atoms with Crippen LogP contribution in [0.4, 0.5) is 10.1 Å². The van der Waals surface area contributed by atoms with E-state index in [1.807, 2.05) is 0 Å². The summed E-state index contributed by atoms with van der Waals surface area (Å²) in [6, 6.07) is 11.6. The highest BCUT2D eigenvalue weighted by Crippen LogP contribution is 2.20. The summed E-state index contributed by atoms with van der Waals surface area (Å²) in [4.78, 5) is 0.00567. The Hall–Kier alpha value is -1.92. The number of hydrogen-bond donors (Lipinski definition) is 1. The average molecular weight is 295 g/mol. The molecule has 4 nitrogen and oxygen atoms in total. The lowest BCUT2D eigenvalue weighted by Gasteiger charge is -2.12. The molecule has 0 aliphatic heterocycles. The van der Waals surface area contributed by atoms with E-state index in [1.165, 1.54) is 19.2 Å². The number of nitrogens with one attached hydrogen (secondary N) is 1. The summed E-state index contributed by atoms with van der Waals surface area (Å²) in [5.41, 5.74) is 1.17. The number of benzene rings is 2. The van der Waals surface area contributed by atoms with Crippen LogP contribution < -0.4 is 4.72 Å². The van der Waals surface area contributed by atoms with Gasteiger partial charge in [0.15, 0.2) is 0 Å². The second-order valence-corrected chi connectivity index (χ2v) is 5.83. The number of sulfonamides is 1. The maximum Gasteiger partial charge on any atom is 0.261 e. The molecule has 0 amide bonds. The molecule has 0 saturated heterocycles. The van der Waals surface area contributed by atoms with Gasteiger partial charge in [-0.3, -0.25) is 4.72 Å². The zero-order chi connectivity index (χ0) is 14.6. The van der Waals surface area contributed by atoms with Crippen molar-refractivity contribution in [2.24, 2.45) is 0 Å².